The third-order valence-electron chi connectivity index (χ3n) is 6.87. The number of carbonyl (C=O) groups excluding carboxylic acids is 1. The zero-order valence-corrected chi connectivity index (χ0v) is 26.0. The van der Waals surface area contributed by atoms with E-state index in [-0.39, 0.29) is 11.1 Å². The van der Waals surface area contributed by atoms with Crippen molar-refractivity contribution in [2.45, 2.75) is 109 Å². The third-order valence-corrected chi connectivity index (χ3v) is 8.99. The summed E-state index contributed by atoms with van der Waals surface area (Å²) in [7, 11) is 0.963. The van der Waals surface area contributed by atoms with E-state index in [0.29, 0.717) is 13.0 Å². The van der Waals surface area contributed by atoms with Gasteiger partial charge in [-0.15, -0.1) is 0 Å². The molecule has 2 N–H and O–H groups in total. The number of benzene rings is 1. The first-order valence-corrected chi connectivity index (χ1v) is 16.4. The minimum absolute atomic E-state index is 0.0588. The molecule has 9 heteroatoms. The number of rotatable bonds is 23. The van der Waals surface area contributed by atoms with Gasteiger partial charge in [-0.1, -0.05) is 89.7 Å². The smallest absolute Gasteiger partial charge is 0.387 e. The molecule has 0 amide bonds. The van der Waals surface area contributed by atoms with E-state index >= 15 is 0 Å². The summed E-state index contributed by atoms with van der Waals surface area (Å²) in [6.07, 6.45) is 15.3. The fraction of sp³-hybridized carbons (Fsp3) is 0.767. The maximum Gasteiger partial charge on any atom is 0.387 e. The first kappa shape index (κ1) is 35.6. The molecule has 0 aliphatic rings. The number of unbranched alkanes of at least 4 members (excludes halogenated alkanes) is 11. The van der Waals surface area contributed by atoms with Gasteiger partial charge in [0, 0.05) is 13.3 Å². The average molecular weight is 573 g/mol. The van der Waals surface area contributed by atoms with Crippen molar-refractivity contribution >= 4 is 13.6 Å². The molecule has 226 valence electrons. The molecule has 0 fully saturated rings. The predicted octanol–water partition coefficient (Wildman–Crippen LogP) is 6.47. The van der Waals surface area contributed by atoms with Gasteiger partial charge in [-0.3, -0.25) is 9.36 Å². The number of hydrogen-bond acceptors (Lipinski definition) is 6. The Morgan fingerprint density at radius 3 is 1.87 bits per heavy atom. The molecule has 0 bridgehead atoms. The normalized spacial score (nSPS) is 14.9. The van der Waals surface area contributed by atoms with Gasteiger partial charge in [0.1, 0.15) is 18.5 Å². The van der Waals surface area contributed by atoms with Crippen molar-refractivity contribution in [1.29, 1.82) is 0 Å². The van der Waals surface area contributed by atoms with Crippen LogP contribution >= 0.6 is 7.60 Å². The summed E-state index contributed by atoms with van der Waals surface area (Å²) in [5, 5.41) is 9.62. The van der Waals surface area contributed by atoms with E-state index in [4.69, 9.17) is 14.0 Å². The molecule has 39 heavy (non-hydrogen) atoms. The molecule has 0 aromatic heterocycles. The summed E-state index contributed by atoms with van der Waals surface area (Å²) in [5.41, 5.74) is 0.889. The number of ether oxygens (including phenoxy) is 2. The lowest BCUT2D eigenvalue weighted by Gasteiger charge is -2.34. The number of aliphatic hydroxyl groups is 1. The highest BCUT2D eigenvalue weighted by Gasteiger charge is 2.43. The first-order chi connectivity index (χ1) is 18.5. The fourth-order valence-corrected chi connectivity index (χ4v) is 6.18. The Labute approximate surface area is 237 Å². The summed E-state index contributed by atoms with van der Waals surface area (Å²) >= 11 is 0. The van der Waals surface area contributed by atoms with Gasteiger partial charge in [-0.2, -0.15) is 0 Å². The van der Waals surface area contributed by atoms with Crippen LogP contribution in [0.3, 0.4) is 0 Å². The Bertz CT molecular complexity index is 826. The highest BCUT2D eigenvalue weighted by molar-refractivity contribution is 7.53. The van der Waals surface area contributed by atoms with Gasteiger partial charge in [-0.05, 0) is 24.1 Å². The van der Waals surface area contributed by atoms with Crippen LogP contribution in [0.1, 0.15) is 96.5 Å². The lowest BCUT2D eigenvalue weighted by atomic mass is 10.1. The minimum Gasteiger partial charge on any atom is -0.494 e. The highest BCUT2D eigenvalue weighted by atomic mass is 31.2. The van der Waals surface area contributed by atoms with Crippen LogP contribution < -0.4 is 4.74 Å². The van der Waals surface area contributed by atoms with E-state index in [0.717, 1.165) is 17.7 Å². The van der Waals surface area contributed by atoms with Crippen LogP contribution in [-0.4, -0.2) is 73.3 Å². The highest BCUT2D eigenvalue weighted by Crippen LogP contribution is 2.50. The van der Waals surface area contributed by atoms with Crippen molar-refractivity contribution in [2.24, 2.45) is 0 Å². The Kier molecular flexibility index (Phi) is 17.9. The number of likely N-dealkylation sites (N-methyl/N-ethyl adjacent to an activating group) is 1. The van der Waals surface area contributed by atoms with E-state index < -0.39 is 32.1 Å². The van der Waals surface area contributed by atoms with Gasteiger partial charge in [0.15, 0.2) is 0 Å². The van der Waals surface area contributed by atoms with Crippen molar-refractivity contribution in [2.75, 3.05) is 41.0 Å². The van der Waals surface area contributed by atoms with E-state index in [1.165, 1.54) is 77.6 Å². The quantitative estimate of drug-likeness (QED) is 0.0671. The summed E-state index contributed by atoms with van der Waals surface area (Å²) in [6, 6.07) is 7.57. The third kappa shape index (κ3) is 16.4. The minimum atomic E-state index is -4.16. The molecular formula is C30H55NO7P+. The number of aliphatic hydroxyl groups excluding tert-OH is 1. The molecule has 0 aliphatic carbocycles. The fourth-order valence-electron chi connectivity index (χ4n) is 4.55. The van der Waals surface area contributed by atoms with Crippen molar-refractivity contribution in [3.05, 3.63) is 29.8 Å². The Balaban J connectivity index is 2.36. The molecule has 0 saturated heterocycles. The second kappa shape index (κ2) is 19.6. The molecule has 1 aromatic rings. The van der Waals surface area contributed by atoms with Gasteiger partial charge in [-0.25, -0.2) is 0 Å². The van der Waals surface area contributed by atoms with E-state index in [1.807, 2.05) is 24.3 Å². The van der Waals surface area contributed by atoms with Crippen molar-refractivity contribution in [3.8, 4) is 5.75 Å². The standard InChI is InChI=1S/C30H54NO7P/c1-6-7-8-9-10-11-12-13-14-15-16-17-22-36-28-20-18-27(19-21-28)23-29(38-26(2)33)25-37-39(34,35)30(24-32)31(3,4)5/h18-21,29-30,32H,6-17,22-25H2,1-5H3/p+1. The van der Waals surface area contributed by atoms with Gasteiger partial charge < -0.3 is 28.5 Å². The molecule has 3 atom stereocenters. The summed E-state index contributed by atoms with van der Waals surface area (Å²) in [6.45, 7) is 3.48. The molecule has 1 aromatic carbocycles. The van der Waals surface area contributed by atoms with Crippen LogP contribution in [0.15, 0.2) is 24.3 Å². The molecule has 0 radical (unpaired) electrons. The number of nitrogens with zero attached hydrogens (tertiary/aromatic N) is 1. The molecule has 0 heterocycles. The number of hydrogen-bond donors (Lipinski definition) is 2. The van der Waals surface area contributed by atoms with E-state index in [2.05, 4.69) is 6.92 Å². The number of esters is 1. The number of carbonyl (C=O) groups is 1. The first-order valence-electron chi connectivity index (χ1n) is 14.8. The molecule has 0 aliphatic heterocycles. The molecule has 8 nitrogen and oxygen atoms in total. The Morgan fingerprint density at radius 1 is 0.897 bits per heavy atom. The van der Waals surface area contributed by atoms with Crippen LogP contribution in [0.25, 0.3) is 0 Å². The maximum atomic E-state index is 12.7. The maximum absolute atomic E-state index is 12.7. The zero-order chi connectivity index (χ0) is 29.2. The van der Waals surface area contributed by atoms with Crippen LogP contribution in [0.4, 0.5) is 0 Å². The molecule has 0 saturated carbocycles. The zero-order valence-electron chi connectivity index (χ0n) is 25.1. The van der Waals surface area contributed by atoms with Crippen molar-refractivity contribution in [1.82, 2.24) is 0 Å². The lowest BCUT2D eigenvalue weighted by Crippen LogP contribution is -2.47. The summed E-state index contributed by atoms with van der Waals surface area (Å²) in [4.78, 5) is 22.0. The summed E-state index contributed by atoms with van der Waals surface area (Å²) in [5.74, 6) is -0.711. The Hall–Kier alpha value is -1.44. The van der Waals surface area contributed by atoms with Crippen LogP contribution in [0.2, 0.25) is 0 Å². The van der Waals surface area contributed by atoms with Crippen molar-refractivity contribution in [3.63, 3.8) is 0 Å². The van der Waals surface area contributed by atoms with Crippen LogP contribution in [-0.2, 0) is 25.0 Å². The van der Waals surface area contributed by atoms with Crippen molar-refractivity contribution < 1.29 is 37.8 Å². The molecule has 3 unspecified atom stereocenters. The predicted molar refractivity (Wildman–Crippen MR) is 157 cm³/mol. The van der Waals surface area contributed by atoms with Gasteiger partial charge in [0.25, 0.3) is 0 Å². The largest absolute Gasteiger partial charge is 0.494 e. The molecule has 1 rings (SSSR count). The van der Waals surface area contributed by atoms with E-state index in [9.17, 15) is 19.4 Å². The van der Waals surface area contributed by atoms with Crippen LogP contribution in [0.5, 0.6) is 5.75 Å². The monoisotopic (exact) mass is 572 g/mol. The topological polar surface area (TPSA) is 102 Å². The SMILES string of the molecule is CCCCCCCCCCCCCCOc1ccc(CC(COP(=O)(O)C(CO)[N+](C)(C)C)OC(C)=O)cc1. The van der Waals surface area contributed by atoms with Gasteiger partial charge in [0.05, 0.1) is 34.4 Å². The summed E-state index contributed by atoms with van der Waals surface area (Å²) < 4.78 is 29.4. The van der Waals surface area contributed by atoms with Gasteiger partial charge >= 0.3 is 13.6 Å². The van der Waals surface area contributed by atoms with E-state index in [1.54, 1.807) is 21.1 Å². The Morgan fingerprint density at radius 2 is 1.41 bits per heavy atom. The van der Waals surface area contributed by atoms with Crippen LogP contribution in [0, 0.1) is 0 Å². The lowest BCUT2D eigenvalue weighted by molar-refractivity contribution is -0.883. The molecule has 0 spiro atoms. The number of quaternary nitrogens is 1. The molecular weight excluding hydrogens is 517 g/mol. The second-order valence-corrected chi connectivity index (χ2v) is 13.4. The second-order valence-electron chi connectivity index (χ2n) is 11.5. The van der Waals surface area contributed by atoms with Gasteiger partial charge in [0.2, 0.25) is 5.78 Å². The average Bonchev–Trinajstić information content (AvgIpc) is 2.85.